The van der Waals surface area contributed by atoms with E-state index in [0.29, 0.717) is 6.04 Å². The molecule has 0 bridgehead atoms. The SMILES string of the molecule is O=[N+]([O-])c1ccc(N2CC(N3CCOCC3)C2)cc1. The summed E-state index contributed by atoms with van der Waals surface area (Å²) in [7, 11) is 0. The number of anilines is 1. The summed E-state index contributed by atoms with van der Waals surface area (Å²) < 4.78 is 5.35. The Kier molecular flexibility index (Phi) is 3.35. The molecular formula is C13H17N3O3. The summed E-state index contributed by atoms with van der Waals surface area (Å²) in [6.07, 6.45) is 0. The Hall–Kier alpha value is -1.66. The topological polar surface area (TPSA) is 58.9 Å². The van der Waals surface area contributed by atoms with E-state index in [0.717, 1.165) is 45.1 Å². The Bertz CT molecular complexity index is 451. The van der Waals surface area contributed by atoms with Gasteiger partial charge >= 0.3 is 0 Å². The molecule has 0 saturated carbocycles. The third-order valence-corrected chi connectivity index (χ3v) is 3.85. The molecule has 2 aliphatic rings. The predicted molar refractivity (Wildman–Crippen MR) is 71.5 cm³/mol. The number of non-ortho nitro benzene ring substituents is 1. The molecule has 1 aromatic carbocycles. The lowest BCUT2D eigenvalue weighted by Gasteiger charge is -2.47. The predicted octanol–water partition coefficient (Wildman–Crippen LogP) is 1.12. The Labute approximate surface area is 111 Å². The van der Waals surface area contributed by atoms with Gasteiger partial charge in [-0.1, -0.05) is 0 Å². The molecule has 1 aromatic rings. The van der Waals surface area contributed by atoms with Crippen LogP contribution in [0, 0.1) is 10.1 Å². The Morgan fingerprint density at radius 2 is 1.79 bits per heavy atom. The molecule has 102 valence electrons. The van der Waals surface area contributed by atoms with Crippen molar-refractivity contribution in [3.05, 3.63) is 34.4 Å². The summed E-state index contributed by atoms with van der Waals surface area (Å²) in [6, 6.07) is 7.38. The molecule has 0 amide bonds. The van der Waals surface area contributed by atoms with Crippen LogP contribution >= 0.6 is 0 Å². The van der Waals surface area contributed by atoms with Gasteiger partial charge in [-0.05, 0) is 12.1 Å². The number of nitro benzene ring substituents is 1. The first kappa shape index (κ1) is 12.4. The zero-order valence-electron chi connectivity index (χ0n) is 10.7. The highest BCUT2D eigenvalue weighted by Gasteiger charge is 2.32. The summed E-state index contributed by atoms with van der Waals surface area (Å²) >= 11 is 0. The molecule has 2 heterocycles. The minimum Gasteiger partial charge on any atom is -0.379 e. The van der Waals surface area contributed by atoms with Crippen LogP contribution < -0.4 is 4.90 Å². The zero-order valence-corrected chi connectivity index (χ0v) is 10.7. The Morgan fingerprint density at radius 3 is 2.37 bits per heavy atom. The maximum atomic E-state index is 10.6. The van der Waals surface area contributed by atoms with E-state index >= 15 is 0 Å². The van der Waals surface area contributed by atoms with Crippen molar-refractivity contribution in [2.45, 2.75) is 6.04 Å². The molecular weight excluding hydrogens is 246 g/mol. The number of nitrogens with zero attached hydrogens (tertiary/aromatic N) is 3. The van der Waals surface area contributed by atoms with Gasteiger partial charge in [0.05, 0.1) is 18.1 Å². The van der Waals surface area contributed by atoms with Crippen LogP contribution in [-0.2, 0) is 4.74 Å². The second-order valence-electron chi connectivity index (χ2n) is 4.98. The summed E-state index contributed by atoms with van der Waals surface area (Å²) in [4.78, 5) is 15.0. The van der Waals surface area contributed by atoms with Gasteiger partial charge in [-0.3, -0.25) is 15.0 Å². The highest BCUT2D eigenvalue weighted by molar-refractivity contribution is 5.53. The van der Waals surface area contributed by atoms with Gasteiger partial charge in [0.15, 0.2) is 0 Å². The molecule has 0 aromatic heterocycles. The highest BCUT2D eigenvalue weighted by Crippen LogP contribution is 2.26. The van der Waals surface area contributed by atoms with Crippen molar-refractivity contribution in [2.24, 2.45) is 0 Å². The number of rotatable bonds is 3. The van der Waals surface area contributed by atoms with Gasteiger partial charge in [-0.2, -0.15) is 0 Å². The number of benzene rings is 1. The van der Waals surface area contributed by atoms with Gasteiger partial charge < -0.3 is 9.64 Å². The first-order chi connectivity index (χ1) is 9.24. The minimum atomic E-state index is -0.365. The van der Waals surface area contributed by atoms with Crippen molar-refractivity contribution in [1.82, 2.24) is 4.90 Å². The fraction of sp³-hybridized carbons (Fsp3) is 0.538. The lowest BCUT2D eigenvalue weighted by molar-refractivity contribution is -0.384. The number of hydrogen-bond donors (Lipinski definition) is 0. The van der Waals surface area contributed by atoms with Gasteiger partial charge in [0.2, 0.25) is 0 Å². The monoisotopic (exact) mass is 263 g/mol. The second kappa shape index (κ2) is 5.14. The van der Waals surface area contributed by atoms with E-state index in [1.54, 1.807) is 12.1 Å². The molecule has 6 heteroatoms. The van der Waals surface area contributed by atoms with E-state index < -0.39 is 0 Å². The number of nitro groups is 1. The molecule has 2 aliphatic heterocycles. The molecule has 2 fully saturated rings. The number of ether oxygens (including phenoxy) is 1. The molecule has 3 rings (SSSR count). The molecule has 19 heavy (non-hydrogen) atoms. The normalized spacial score (nSPS) is 21.2. The van der Waals surface area contributed by atoms with Crippen molar-refractivity contribution in [1.29, 1.82) is 0 Å². The summed E-state index contributed by atoms with van der Waals surface area (Å²) in [5.74, 6) is 0. The van der Waals surface area contributed by atoms with Crippen LogP contribution in [0.2, 0.25) is 0 Å². The van der Waals surface area contributed by atoms with E-state index in [9.17, 15) is 10.1 Å². The van der Waals surface area contributed by atoms with Crippen molar-refractivity contribution >= 4 is 11.4 Å². The third kappa shape index (κ3) is 2.54. The molecule has 0 atom stereocenters. The minimum absolute atomic E-state index is 0.147. The fourth-order valence-electron chi connectivity index (χ4n) is 2.62. The van der Waals surface area contributed by atoms with Gasteiger partial charge in [0.25, 0.3) is 5.69 Å². The molecule has 6 nitrogen and oxygen atoms in total. The number of hydrogen-bond acceptors (Lipinski definition) is 5. The quantitative estimate of drug-likeness (QED) is 0.604. The van der Waals surface area contributed by atoms with Crippen molar-refractivity contribution < 1.29 is 9.66 Å². The van der Waals surface area contributed by atoms with E-state index in [1.165, 1.54) is 0 Å². The van der Waals surface area contributed by atoms with E-state index in [-0.39, 0.29) is 10.6 Å². The maximum Gasteiger partial charge on any atom is 0.269 e. The third-order valence-electron chi connectivity index (χ3n) is 3.85. The van der Waals surface area contributed by atoms with Crippen molar-refractivity contribution in [3.63, 3.8) is 0 Å². The summed E-state index contributed by atoms with van der Waals surface area (Å²) in [5, 5.41) is 10.6. The van der Waals surface area contributed by atoms with E-state index in [1.807, 2.05) is 12.1 Å². The molecule has 0 aliphatic carbocycles. The van der Waals surface area contributed by atoms with Crippen LogP contribution in [0.5, 0.6) is 0 Å². The number of morpholine rings is 1. The maximum absolute atomic E-state index is 10.6. The molecule has 2 saturated heterocycles. The first-order valence-corrected chi connectivity index (χ1v) is 6.55. The summed E-state index contributed by atoms with van der Waals surface area (Å²) in [5.41, 5.74) is 1.21. The van der Waals surface area contributed by atoms with E-state index in [4.69, 9.17) is 4.74 Å². The van der Waals surface area contributed by atoms with Crippen LogP contribution in [0.15, 0.2) is 24.3 Å². The van der Waals surface area contributed by atoms with Crippen LogP contribution in [0.25, 0.3) is 0 Å². The van der Waals surface area contributed by atoms with Gasteiger partial charge in [-0.25, -0.2) is 0 Å². The van der Waals surface area contributed by atoms with Gasteiger partial charge in [0.1, 0.15) is 0 Å². The van der Waals surface area contributed by atoms with E-state index in [2.05, 4.69) is 9.80 Å². The summed E-state index contributed by atoms with van der Waals surface area (Å²) in [6.45, 7) is 5.68. The van der Waals surface area contributed by atoms with Crippen molar-refractivity contribution in [3.8, 4) is 0 Å². The average molecular weight is 263 g/mol. The lowest BCUT2D eigenvalue weighted by Crippen LogP contribution is -2.61. The Balaban J connectivity index is 1.56. The Morgan fingerprint density at radius 1 is 1.16 bits per heavy atom. The van der Waals surface area contributed by atoms with Gasteiger partial charge in [0, 0.05) is 50.0 Å². The molecule has 0 unspecified atom stereocenters. The van der Waals surface area contributed by atoms with Crippen molar-refractivity contribution in [2.75, 3.05) is 44.3 Å². The lowest BCUT2D eigenvalue weighted by atomic mass is 10.1. The molecule has 0 radical (unpaired) electrons. The second-order valence-corrected chi connectivity index (χ2v) is 4.98. The van der Waals surface area contributed by atoms with Crippen LogP contribution in [0.1, 0.15) is 0 Å². The highest BCUT2D eigenvalue weighted by atomic mass is 16.6. The van der Waals surface area contributed by atoms with Crippen LogP contribution in [0.4, 0.5) is 11.4 Å². The molecule has 0 N–H and O–H groups in total. The standard InChI is InChI=1S/C13H17N3O3/c17-16(18)12-3-1-11(2-4-12)15-9-13(10-15)14-5-7-19-8-6-14/h1-4,13H,5-10H2. The smallest absolute Gasteiger partial charge is 0.269 e. The fourth-order valence-corrected chi connectivity index (χ4v) is 2.62. The zero-order chi connectivity index (χ0) is 13.2. The first-order valence-electron chi connectivity index (χ1n) is 6.55. The van der Waals surface area contributed by atoms with Crippen LogP contribution in [0.3, 0.4) is 0 Å². The average Bonchev–Trinajstić information content (AvgIpc) is 2.39. The van der Waals surface area contributed by atoms with Crippen LogP contribution in [-0.4, -0.2) is 55.3 Å². The largest absolute Gasteiger partial charge is 0.379 e. The van der Waals surface area contributed by atoms with Gasteiger partial charge in [-0.15, -0.1) is 0 Å². The molecule has 0 spiro atoms.